The Hall–Kier alpha value is 0.190. The Bertz CT molecular complexity index is 82.4. The Balaban J connectivity index is 3.47. The predicted octanol–water partition coefficient (Wildman–Crippen LogP) is 0.805. The first-order valence-electron chi connectivity index (χ1n) is 2.64. The Morgan fingerprint density at radius 1 is 1.44 bits per heavy atom. The molecule has 0 saturated carbocycles. The van der Waals surface area contributed by atoms with E-state index in [-0.39, 0.29) is 11.7 Å². The molecule has 0 rings (SSSR count). The third kappa shape index (κ3) is 6.07. The van der Waals surface area contributed by atoms with E-state index >= 15 is 0 Å². The molecule has 0 aliphatic heterocycles. The number of hydrogen-bond acceptors (Lipinski definition) is 4. The zero-order valence-corrected chi connectivity index (χ0v) is 6.14. The van der Waals surface area contributed by atoms with Crippen LogP contribution in [-0.4, -0.2) is 26.0 Å². The van der Waals surface area contributed by atoms with Crippen LogP contribution < -0.4 is 5.73 Å². The lowest BCUT2D eigenvalue weighted by Gasteiger charge is -2.21. The van der Waals surface area contributed by atoms with Crippen molar-refractivity contribution in [2.45, 2.75) is 6.92 Å². The molecule has 0 spiro atoms. The zero-order chi connectivity index (χ0) is 7.49. The van der Waals surface area contributed by atoms with E-state index in [4.69, 9.17) is 19.4 Å². The summed E-state index contributed by atoms with van der Waals surface area (Å²) in [5, 5.41) is 0. The molecule has 0 saturated heterocycles. The van der Waals surface area contributed by atoms with Gasteiger partial charge in [0.25, 0.3) is 0 Å². The fourth-order valence-electron chi connectivity index (χ4n) is 0.450. The summed E-state index contributed by atoms with van der Waals surface area (Å²) in [5.74, 6) is -0.0660. The molecule has 0 amide bonds. The average Bonchev–Trinajstić information content (AvgIpc) is 1.62. The SMILES string of the molecule is CC(CN)CS(O)(O)O. The van der Waals surface area contributed by atoms with Gasteiger partial charge in [0.05, 0.1) is 10.9 Å². The summed E-state index contributed by atoms with van der Waals surface area (Å²) >= 11 is 0. The van der Waals surface area contributed by atoms with Crippen LogP contribution in [0.15, 0.2) is 0 Å². The molecule has 0 heterocycles. The summed E-state index contributed by atoms with van der Waals surface area (Å²) in [5.41, 5.74) is 5.16. The fourth-order valence-corrected chi connectivity index (χ4v) is 1.35. The first kappa shape index (κ1) is 9.19. The van der Waals surface area contributed by atoms with Crippen molar-refractivity contribution in [3.63, 3.8) is 0 Å². The molecule has 58 valence electrons. The van der Waals surface area contributed by atoms with Crippen molar-refractivity contribution in [3.05, 3.63) is 0 Å². The Labute approximate surface area is 56.2 Å². The van der Waals surface area contributed by atoms with Crippen molar-refractivity contribution < 1.29 is 13.7 Å². The quantitative estimate of drug-likeness (QED) is 0.485. The van der Waals surface area contributed by atoms with E-state index in [1.165, 1.54) is 0 Å². The fraction of sp³-hybridized carbons (Fsp3) is 1.00. The third-order valence-electron chi connectivity index (χ3n) is 0.910. The topological polar surface area (TPSA) is 86.7 Å². The van der Waals surface area contributed by atoms with Crippen molar-refractivity contribution in [3.8, 4) is 0 Å². The number of hydrogen-bond donors (Lipinski definition) is 4. The zero-order valence-electron chi connectivity index (χ0n) is 5.32. The van der Waals surface area contributed by atoms with Crippen LogP contribution in [0.4, 0.5) is 0 Å². The third-order valence-corrected chi connectivity index (χ3v) is 1.93. The van der Waals surface area contributed by atoms with Crippen molar-refractivity contribution in [1.29, 1.82) is 0 Å². The maximum absolute atomic E-state index is 8.46. The van der Waals surface area contributed by atoms with Gasteiger partial charge in [0.2, 0.25) is 0 Å². The minimum absolute atomic E-state index is 0.0243. The van der Waals surface area contributed by atoms with Gasteiger partial charge in [-0.05, 0) is 12.5 Å². The lowest BCUT2D eigenvalue weighted by atomic mass is 10.2. The van der Waals surface area contributed by atoms with Gasteiger partial charge in [-0.2, -0.15) is 0 Å². The average molecular weight is 155 g/mol. The highest BCUT2D eigenvalue weighted by atomic mass is 32.3. The second kappa shape index (κ2) is 3.38. The van der Waals surface area contributed by atoms with Crippen LogP contribution in [0, 0.1) is 5.92 Å². The molecule has 0 bridgehead atoms. The van der Waals surface area contributed by atoms with Gasteiger partial charge in [0.1, 0.15) is 0 Å². The van der Waals surface area contributed by atoms with Crippen LogP contribution >= 0.6 is 10.9 Å². The smallest absolute Gasteiger partial charge is 0.0813 e. The molecular formula is C4H13NO3S. The molecule has 0 aliphatic rings. The summed E-state index contributed by atoms with van der Waals surface area (Å²) in [4.78, 5) is 0. The highest BCUT2D eigenvalue weighted by Gasteiger charge is 2.14. The highest BCUT2D eigenvalue weighted by molar-refractivity contribution is 8.19. The van der Waals surface area contributed by atoms with Gasteiger partial charge in [-0.15, -0.1) is 0 Å². The molecule has 0 aromatic rings. The molecule has 5 N–H and O–H groups in total. The van der Waals surface area contributed by atoms with Crippen molar-refractivity contribution in [2.75, 3.05) is 12.3 Å². The summed E-state index contributed by atoms with van der Waals surface area (Å²) in [6.07, 6.45) is 0. The molecule has 0 aliphatic carbocycles. The van der Waals surface area contributed by atoms with Crippen LogP contribution in [0.25, 0.3) is 0 Å². The Kier molecular flexibility index (Phi) is 3.45. The molecule has 4 nitrogen and oxygen atoms in total. The van der Waals surface area contributed by atoms with E-state index in [9.17, 15) is 0 Å². The Morgan fingerprint density at radius 3 is 2.00 bits per heavy atom. The van der Waals surface area contributed by atoms with Crippen LogP contribution in [-0.2, 0) is 0 Å². The monoisotopic (exact) mass is 155 g/mol. The van der Waals surface area contributed by atoms with E-state index in [2.05, 4.69) is 0 Å². The summed E-state index contributed by atoms with van der Waals surface area (Å²) < 4.78 is 25.4. The molecule has 9 heavy (non-hydrogen) atoms. The molecule has 0 fully saturated rings. The van der Waals surface area contributed by atoms with Crippen molar-refractivity contribution in [1.82, 2.24) is 0 Å². The van der Waals surface area contributed by atoms with Gasteiger partial charge in [0.15, 0.2) is 0 Å². The predicted molar refractivity (Wildman–Crippen MR) is 38.6 cm³/mol. The molecule has 0 aromatic heterocycles. The normalized spacial score (nSPS) is 17.4. The van der Waals surface area contributed by atoms with Crippen molar-refractivity contribution in [2.24, 2.45) is 11.7 Å². The minimum atomic E-state index is -3.32. The molecule has 1 unspecified atom stereocenters. The molecular weight excluding hydrogens is 142 g/mol. The number of rotatable bonds is 3. The van der Waals surface area contributed by atoms with Crippen LogP contribution in [0.3, 0.4) is 0 Å². The van der Waals surface area contributed by atoms with Gasteiger partial charge in [-0.3, -0.25) is 0 Å². The van der Waals surface area contributed by atoms with E-state index in [1.54, 1.807) is 6.92 Å². The lowest BCUT2D eigenvalue weighted by Crippen LogP contribution is -2.18. The van der Waals surface area contributed by atoms with Gasteiger partial charge >= 0.3 is 0 Å². The maximum Gasteiger partial charge on any atom is 0.0813 e. The van der Waals surface area contributed by atoms with Crippen LogP contribution in [0.1, 0.15) is 6.92 Å². The van der Waals surface area contributed by atoms with E-state index < -0.39 is 10.9 Å². The van der Waals surface area contributed by atoms with Crippen molar-refractivity contribution >= 4 is 10.9 Å². The first-order valence-corrected chi connectivity index (χ1v) is 4.31. The minimum Gasteiger partial charge on any atom is -0.330 e. The van der Waals surface area contributed by atoms with Gasteiger partial charge in [-0.25, -0.2) is 0 Å². The lowest BCUT2D eigenvalue weighted by molar-refractivity contribution is 0.367. The largest absolute Gasteiger partial charge is 0.330 e. The highest BCUT2D eigenvalue weighted by Crippen LogP contribution is 2.34. The second-order valence-corrected chi connectivity index (χ2v) is 3.74. The van der Waals surface area contributed by atoms with Gasteiger partial charge in [0, 0.05) is 5.75 Å². The molecule has 5 heteroatoms. The van der Waals surface area contributed by atoms with Crippen LogP contribution in [0.2, 0.25) is 0 Å². The summed E-state index contributed by atoms with van der Waals surface area (Å²) in [6.45, 7) is 2.10. The van der Waals surface area contributed by atoms with E-state index in [0.29, 0.717) is 6.54 Å². The van der Waals surface area contributed by atoms with Crippen LogP contribution in [0.5, 0.6) is 0 Å². The number of nitrogens with two attached hydrogens (primary N) is 1. The van der Waals surface area contributed by atoms with Gasteiger partial charge < -0.3 is 19.4 Å². The summed E-state index contributed by atoms with van der Waals surface area (Å²) in [6, 6.07) is 0. The molecule has 0 radical (unpaired) electrons. The van der Waals surface area contributed by atoms with Gasteiger partial charge in [-0.1, -0.05) is 6.92 Å². The Morgan fingerprint density at radius 2 is 1.89 bits per heavy atom. The first-order chi connectivity index (χ1) is 3.95. The molecule has 1 atom stereocenters. The maximum atomic E-state index is 8.46. The standard InChI is InChI=1S/C4H13NO3S/c1-4(2-5)3-9(6,7)8/h4,6-8H,2-3,5H2,1H3. The molecule has 0 aromatic carbocycles. The summed E-state index contributed by atoms with van der Waals surface area (Å²) in [7, 11) is -3.32. The second-order valence-electron chi connectivity index (χ2n) is 2.14. The van der Waals surface area contributed by atoms with E-state index in [1.807, 2.05) is 0 Å². The van der Waals surface area contributed by atoms with E-state index in [0.717, 1.165) is 0 Å².